The van der Waals surface area contributed by atoms with Crippen LogP contribution in [0.25, 0.3) is 5.57 Å². The normalized spacial score (nSPS) is 12.2. The van der Waals surface area contributed by atoms with Crippen molar-refractivity contribution in [3.63, 3.8) is 0 Å². The number of carbonyl (C=O) groups excluding carboxylic acids is 1. The molecule has 18 heavy (non-hydrogen) atoms. The SMILES string of the molecule is C\C=C/C(=C\C=C\CC=O)c1cccc(OC)c1. The van der Waals surface area contributed by atoms with E-state index in [0.29, 0.717) is 6.42 Å². The Balaban J connectivity index is 2.99. The molecule has 94 valence electrons. The van der Waals surface area contributed by atoms with Gasteiger partial charge in [-0.25, -0.2) is 0 Å². The highest BCUT2D eigenvalue weighted by Crippen LogP contribution is 2.21. The molecule has 0 bridgehead atoms. The fraction of sp³-hybridized carbons (Fsp3) is 0.188. The first-order valence-corrected chi connectivity index (χ1v) is 5.89. The van der Waals surface area contributed by atoms with E-state index in [2.05, 4.69) is 0 Å². The molecule has 0 saturated carbocycles. The van der Waals surface area contributed by atoms with Gasteiger partial charge in [0.15, 0.2) is 0 Å². The molecule has 0 spiro atoms. The third-order valence-electron chi connectivity index (χ3n) is 2.39. The summed E-state index contributed by atoms with van der Waals surface area (Å²) in [6.45, 7) is 1.98. The molecule has 0 aliphatic rings. The van der Waals surface area contributed by atoms with E-state index in [0.717, 1.165) is 23.2 Å². The maximum Gasteiger partial charge on any atom is 0.123 e. The molecule has 0 unspecified atom stereocenters. The summed E-state index contributed by atoms with van der Waals surface area (Å²) in [5.41, 5.74) is 2.17. The number of allylic oxidation sites excluding steroid dienone is 6. The molecule has 2 heteroatoms. The molecule has 0 aliphatic carbocycles. The lowest BCUT2D eigenvalue weighted by atomic mass is 10.0. The number of methoxy groups -OCH3 is 1. The fourth-order valence-corrected chi connectivity index (χ4v) is 1.54. The number of carbonyl (C=O) groups is 1. The van der Waals surface area contributed by atoms with Crippen molar-refractivity contribution < 1.29 is 9.53 Å². The summed E-state index contributed by atoms with van der Waals surface area (Å²) in [7, 11) is 1.65. The summed E-state index contributed by atoms with van der Waals surface area (Å²) in [6.07, 6.45) is 11.0. The second-order valence-corrected chi connectivity index (χ2v) is 3.68. The molecule has 0 atom stereocenters. The second kappa shape index (κ2) is 8.07. The predicted molar refractivity (Wildman–Crippen MR) is 75.6 cm³/mol. The van der Waals surface area contributed by atoms with Gasteiger partial charge in [-0.05, 0) is 30.2 Å². The lowest BCUT2D eigenvalue weighted by Gasteiger charge is -2.05. The van der Waals surface area contributed by atoms with Gasteiger partial charge in [-0.1, -0.05) is 42.5 Å². The summed E-state index contributed by atoms with van der Waals surface area (Å²) in [5, 5.41) is 0. The molecule has 0 saturated heterocycles. The lowest BCUT2D eigenvalue weighted by molar-refractivity contribution is -0.107. The Morgan fingerprint density at radius 1 is 1.39 bits per heavy atom. The van der Waals surface area contributed by atoms with Crippen molar-refractivity contribution >= 4 is 11.9 Å². The van der Waals surface area contributed by atoms with Gasteiger partial charge >= 0.3 is 0 Å². The minimum absolute atomic E-state index is 0.442. The van der Waals surface area contributed by atoms with Gasteiger partial charge in [0.05, 0.1) is 7.11 Å². The zero-order valence-electron chi connectivity index (χ0n) is 10.8. The average molecular weight is 242 g/mol. The molecule has 0 fully saturated rings. The van der Waals surface area contributed by atoms with E-state index in [1.54, 1.807) is 7.11 Å². The van der Waals surface area contributed by atoms with Crippen LogP contribution in [0.5, 0.6) is 5.75 Å². The van der Waals surface area contributed by atoms with Gasteiger partial charge in [-0.3, -0.25) is 0 Å². The van der Waals surface area contributed by atoms with E-state index < -0.39 is 0 Å². The third kappa shape index (κ3) is 4.42. The van der Waals surface area contributed by atoms with Crippen molar-refractivity contribution in [3.05, 3.63) is 60.2 Å². The molecule has 1 rings (SSSR count). The summed E-state index contributed by atoms with van der Waals surface area (Å²) < 4.78 is 5.21. The van der Waals surface area contributed by atoms with Crippen LogP contribution < -0.4 is 4.74 Å². The molecule has 0 aliphatic heterocycles. The van der Waals surface area contributed by atoms with Crippen molar-refractivity contribution in [2.24, 2.45) is 0 Å². The minimum atomic E-state index is 0.442. The molecule has 1 aromatic carbocycles. The Morgan fingerprint density at radius 3 is 2.89 bits per heavy atom. The number of benzene rings is 1. The number of hydrogen-bond donors (Lipinski definition) is 0. The molecule has 0 amide bonds. The van der Waals surface area contributed by atoms with Gasteiger partial charge in [0.2, 0.25) is 0 Å². The molecular weight excluding hydrogens is 224 g/mol. The molecule has 2 nitrogen and oxygen atoms in total. The van der Waals surface area contributed by atoms with E-state index in [1.807, 2.05) is 61.6 Å². The molecule has 0 radical (unpaired) electrons. The van der Waals surface area contributed by atoms with Crippen LogP contribution >= 0.6 is 0 Å². The predicted octanol–water partition coefficient (Wildman–Crippen LogP) is 3.80. The molecular formula is C16H18O2. The van der Waals surface area contributed by atoms with Gasteiger partial charge in [0, 0.05) is 6.42 Å². The number of hydrogen-bond acceptors (Lipinski definition) is 2. The first-order valence-electron chi connectivity index (χ1n) is 5.89. The van der Waals surface area contributed by atoms with Gasteiger partial charge < -0.3 is 9.53 Å². The highest BCUT2D eigenvalue weighted by atomic mass is 16.5. The van der Waals surface area contributed by atoms with E-state index >= 15 is 0 Å². The van der Waals surface area contributed by atoms with Crippen molar-refractivity contribution in [1.82, 2.24) is 0 Å². The topological polar surface area (TPSA) is 26.3 Å². The summed E-state index contributed by atoms with van der Waals surface area (Å²) in [6, 6.07) is 7.89. The van der Waals surface area contributed by atoms with Crippen LogP contribution in [-0.2, 0) is 4.79 Å². The lowest BCUT2D eigenvalue weighted by Crippen LogP contribution is -1.85. The standard InChI is InChI=1S/C16H18O2/c1-3-8-14(9-5-4-6-12-17)15-10-7-11-16(13-15)18-2/h3-5,7-13H,6H2,1-2H3/b5-4+,8-3-,14-9+. The van der Waals surface area contributed by atoms with Gasteiger partial charge in [0.1, 0.15) is 12.0 Å². The van der Waals surface area contributed by atoms with Crippen LogP contribution in [0.4, 0.5) is 0 Å². The van der Waals surface area contributed by atoms with E-state index in [4.69, 9.17) is 4.74 Å². The third-order valence-corrected chi connectivity index (χ3v) is 2.39. The molecule has 1 aromatic rings. The minimum Gasteiger partial charge on any atom is -0.497 e. The van der Waals surface area contributed by atoms with Gasteiger partial charge in [-0.2, -0.15) is 0 Å². The maximum absolute atomic E-state index is 10.2. The number of aldehydes is 1. The summed E-state index contributed by atoms with van der Waals surface area (Å²) >= 11 is 0. The first-order chi connectivity index (χ1) is 8.81. The quantitative estimate of drug-likeness (QED) is 0.560. The van der Waals surface area contributed by atoms with Crippen LogP contribution in [0.3, 0.4) is 0 Å². The van der Waals surface area contributed by atoms with E-state index in [9.17, 15) is 4.79 Å². The first kappa shape index (κ1) is 14.0. The smallest absolute Gasteiger partial charge is 0.123 e. The molecule has 0 aromatic heterocycles. The van der Waals surface area contributed by atoms with Crippen LogP contribution in [0.15, 0.2) is 54.6 Å². The van der Waals surface area contributed by atoms with E-state index in [1.165, 1.54) is 0 Å². The summed E-state index contributed by atoms with van der Waals surface area (Å²) in [4.78, 5) is 10.2. The van der Waals surface area contributed by atoms with Crippen LogP contribution in [0.2, 0.25) is 0 Å². The highest BCUT2D eigenvalue weighted by Gasteiger charge is 1.98. The Bertz CT molecular complexity index is 468. The van der Waals surface area contributed by atoms with Crippen LogP contribution in [0, 0.1) is 0 Å². The molecule has 0 heterocycles. The number of rotatable bonds is 6. The zero-order chi connectivity index (χ0) is 13.2. The number of ether oxygens (including phenoxy) is 1. The van der Waals surface area contributed by atoms with Crippen molar-refractivity contribution in [2.45, 2.75) is 13.3 Å². The molecule has 0 N–H and O–H groups in total. The monoisotopic (exact) mass is 242 g/mol. The van der Waals surface area contributed by atoms with Gasteiger partial charge in [0.25, 0.3) is 0 Å². The van der Waals surface area contributed by atoms with Gasteiger partial charge in [-0.15, -0.1) is 0 Å². The van der Waals surface area contributed by atoms with Crippen molar-refractivity contribution in [3.8, 4) is 5.75 Å². The Kier molecular flexibility index (Phi) is 6.26. The zero-order valence-corrected chi connectivity index (χ0v) is 10.8. The van der Waals surface area contributed by atoms with Crippen molar-refractivity contribution in [1.29, 1.82) is 0 Å². The fourth-order valence-electron chi connectivity index (χ4n) is 1.54. The van der Waals surface area contributed by atoms with Crippen LogP contribution in [0.1, 0.15) is 18.9 Å². The van der Waals surface area contributed by atoms with Crippen LogP contribution in [-0.4, -0.2) is 13.4 Å². The maximum atomic E-state index is 10.2. The average Bonchev–Trinajstić information content (AvgIpc) is 2.42. The Labute approximate surface area is 108 Å². The van der Waals surface area contributed by atoms with E-state index in [-0.39, 0.29) is 0 Å². The summed E-state index contributed by atoms with van der Waals surface area (Å²) in [5.74, 6) is 0.833. The highest BCUT2D eigenvalue weighted by molar-refractivity contribution is 5.75. The Hall–Kier alpha value is -2.09. The Morgan fingerprint density at radius 2 is 2.22 bits per heavy atom. The largest absolute Gasteiger partial charge is 0.497 e. The second-order valence-electron chi connectivity index (χ2n) is 3.68. The van der Waals surface area contributed by atoms with Crippen molar-refractivity contribution in [2.75, 3.05) is 7.11 Å².